The van der Waals surface area contributed by atoms with Crippen LogP contribution in [-0.4, -0.2) is 72.2 Å². The number of aryl methyl sites for hydroxylation is 2. The van der Waals surface area contributed by atoms with Crippen LogP contribution in [0.2, 0.25) is 0 Å². The number of Topliss-reactive ketones (excluding diaryl/α,β-unsaturated/α-hetero) is 1. The molecule has 1 aliphatic heterocycles. The molecule has 0 saturated carbocycles. The van der Waals surface area contributed by atoms with Crippen LogP contribution in [0.15, 0.2) is 64.9 Å². The third-order valence-electron chi connectivity index (χ3n) is 6.76. The van der Waals surface area contributed by atoms with Gasteiger partial charge in [0.15, 0.2) is 5.78 Å². The lowest BCUT2D eigenvalue weighted by molar-refractivity contribution is -0.116. The Bertz CT molecular complexity index is 1100. The third-order valence-corrected chi connectivity index (χ3v) is 6.76. The maximum absolute atomic E-state index is 12.6. The van der Waals surface area contributed by atoms with Crippen LogP contribution in [0.3, 0.4) is 0 Å². The number of hydrogen-bond acceptors (Lipinski definition) is 5. The normalized spacial score (nSPS) is 19.4. The van der Waals surface area contributed by atoms with Gasteiger partial charge >= 0.3 is 6.03 Å². The predicted molar refractivity (Wildman–Crippen MR) is 139 cm³/mol. The summed E-state index contributed by atoms with van der Waals surface area (Å²) in [5.41, 5.74) is 4.56. The van der Waals surface area contributed by atoms with Crippen LogP contribution < -0.4 is 5.32 Å². The molecule has 2 amide bonds. The summed E-state index contributed by atoms with van der Waals surface area (Å²) in [6, 6.07) is 15.8. The number of aliphatic hydroxyl groups is 1. The number of rotatable bonds is 6. The molecule has 7 nitrogen and oxygen atoms in total. The quantitative estimate of drug-likeness (QED) is 0.605. The van der Waals surface area contributed by atoms with Gasteiger partial charge in [-0.15, -0.1) is 0 Å². The van der Waals surface area contributed by atoms with E-state index < -0.39 is 0 Å². The van der Waals surface area contributed by atoms with Gasteiger partial charge in [-0.1, -0.05) is 47.5 Å². The number of aliphatic imine (C=N–C) groups is 1. The molecule has 184 valence electrons. The minimum absolute atomic E-state index is 0.0137. The SMILES string of the molecule is Cc1ccc(NC(=O)N2CCN(CCN=CC3=C(O)CC(c4ccc(C)cc4)CC3=O)CC2)cc1. The van der Waals surface area contributed by atoms with Gasteiger partial charge < -0.3 is 15.3 Å². The zero-order valence-electron chi connectivity index (χ0n) is 20.5. The van der Waals surface area contributed by atoms with E-state index in [1.165, 1.54) is 11.8 Å². The lowest BCUT2D eigenvalue weighted by atomic mass is 9.83. The Labute approximate surface area is 207 Å². The summed E-state index contributed by atoms with van der Waals surface area (Å²) in [5, 5.41) is 13.4. The third kappa shape index (κ3) is 6.57. The summed E-state index contributed by atoms with van der Waals surface area (Å²) in [6.07, 6.45) is 2.39. The van der Waals surface area contributed by atoms with Gasteiger partial charge in [-0.2, -0.15) is 0 Å². The molecule has 2 aromatic rings. The largest absolute Gasteiger partial charge is 0.511 e. The second kappa shape index (κ2) is 11.3. The van der Waals surface area contributed by atoms with Crippen LogP contribution in [0.5, 0.6) is 0 Å². The molecule has 35 heavy (non-hydrogen) atoms. The molecular weight excluding hydrogens is 440 g/mol. The second-order valence-electron chi connectivity index (χ2n) is 9.46. The molecule has 1 fully saturated rings. The smallest absolute Gasteiger partial charge is 0.321 e. The first-order valence-electron chi connectivity index (χ1n) is 12.3. The van der Waals surface area contributed by atoms with Crippen molar-refractivity contribution < 1.29 is 14.7 Å². The summed E-state index contributed by atoms with van der Waals surface area (Å²) < 4.78 is 0. The maximum atomic E-state index is 12.6. The fraction of sp³-hybridized carbons (Fsp3) is 0.393. The first-order chi connectivity index (χ1) is 16.9. The molecule has 1 saturated heterocycles. The number of nitrogens with zero attached hydrogens (tertiary/aromatic N) is 3. The highest BCUT2D eigenvalue weighted by Crippen LogP contribution is 2.33. The molecule has 0 bridgehead atoms. The van der Waals surface area contributed by atoms with Crippen LogP contribution in [0, 0.1) is 13.8 Å². The average Bonchev–Trinajstić information content (AvgIpc) is 2.85. The molecule has 2 N–H and O–H groups in total. The van der Waals surface area contributed by atoms with Gasteiger partial charge in [-0.25, -0.2) is 4.79 Å². The van der Waals surface area contributed by atoms with E-state index in [4.69, 9.17) is 0 Å². The van der Waals surface area contributed by atoms with Crippen molar-refractivity contribution in [3.05, 3.63) is 76.6 Å². The number of nitrogens with one attached hydrogen (secondary N) is 1. The Morgan fingerprint density at radius 2 is 1.63 bits per heavy atom. The van der Waals surface area contributed by atoms with Gasteiger partial charge in [0.25, 0.3) is 0 Å². The van der Waals surface area contributed by atoms with Crippen LogP contribution in [0.25, 0.3) is 0 Å². The summed E-state index contributed by atoms with van der Waals surface area (Å²) in [5.74, 6) is 0.0832. The van der Waals surface area contributed by atoms with Crippen LogP contribution in [0.1, 0.15) is 35.4 Å². The molecule has 1 atom stereocenters. The van der Waals surface area contributed by atoms with E-state index in [1.54, 1.807) is 0 Å². The van der Waals surface area contributed by atoms with Crippen LogP contribution in [0.4, 0.5) is 10.5 Å². The monoisotopic (exact) mass is 474 g/mol. The highest BCUT2D eigenvalue weighted by molar-refractivity contribution is 6.14. The predicted octanol–water partition coefficient (Wildman–Crippen LogP) is 4.48. The Morgan fingerprint density at radius 1 is 1.00 bits per heavy atom. The fourth-order valence-electron chi connectivity index (χ4n) is 4.50. The topological polar surface area (TPSA) is 85.2 Å². The number of allylic oxidation sites excluding steroid dienone is 2. The zero-order chi connectivity index (χ0) is 24.8. The molecule has 7 heteroatoms. The molecule has 0 radical (unpaired) electrons. The van der Waals surface area contributed by atoms with Crippen molar-refractivity contribution in [1.29, 1.82) is 0 Å². The molecule has 4 rings (SSSR count). The van der Waals surface area contributed by atoms with Crippen molar-refractivity contribution in [3.8, 4) is 0 Å². The lowest BCUT2D eigenvalue weighted by Crippen LogP contribution is -2.50. The Kier molecular flexibility index (Phi) is 7.98. The molecule has 2 aliphatic rings. The molecular formula is C28H34N4O3. The van der Waals surface area contributed by atoms with Crippen molar-refractivity contribution in [2.45, 2.75) is 32.6 Å². The highest BCUT2D eigenvalue weighted by Gasteiger charge is 2.27. The number of benzene rings is 2. The van der Waals surface area contributed by atoms with Crippen molar-refractivity contribution in [2.75, 3.05) is 44.6 Å². The van der Waals surface area contributed by atoms with Crippen molar-refractivity contribution in [3.63, 3.8) is 0 Å². The number of anilines is 1. The Balaban J connectivity index is 1.21. The summed E-state index contributed by atoms with van der Waals surface area (Å²) in [7, 11) is 0. The minimum atomic E-state index is -0.0753. The number of ketones is 1. The van der Waals surface area contributed by atoms with E-state index >= 15 is 0 Å². The molecule has 1 unspecified atom stereocenters. The number of hydrogen-bond donors (Lipinski definition) is 2. The summed E-state index contributed by atoms with van der Waals surface area (Å²) in [4.78, 5) is 33.6. The summed E-state index contributed by atoms with van der Waals surface area (Å²) >= 11 is 0. The highest BCUT2D eigenvalue weighted by atomic mass is 16.3. The van der Waals surface area contributed by atoms with E-state index in [1.807, 2.05) is 67.3 Å². The standard InChI is InChI=1S/C28H34N4O3/c1-20-3-7-22(8-4-20)23-17-26(33)25(27(34)18-23)19-29-11-12-31-13-15-32(16-14-31)28(35)30-24-9-5-21(2)6-10-24/h3-10,19,23,33H,11-18H2,1-2H3,(H,30,35). The van der Waals surface area contributed by atoms with Crippen molar-refractivity contribution >= 4 is 23.7 Å². The number of aliphatic hydroxyl groups excluding tert-OH is 1. The van der Waals surface area contributed by atoms with Crippen LogP contribution >= 0.6 is 0 Å². The second-order valence-corrected chi connectivity index (χ2v) is 9.46. The Morgan fingerprint density at radius 3 is 2.26 bits per heavy atom. The fourth-order valence-corrected chi connectivity index (χ4v) is 4.50. The van der Waals surface area contributed by atoms with Gasteiger partial charge in [-0.3, -0.25) is 14.7 Å². The van der Waals surface area contributed by atoms with E-state index in [0.717, 1.165) is 36.4 Å². The van der Waals surface area contributed by atoms with Crippen molar-refractivity contribution in [2.24, 2.45) is 4.99 Å². The zero-order valence-corrected chi connectivity index (χ0v) is 20.5. The number of piperazine rings is 1. The summed E-state index contributed by atoms with van der Waals surface area (Å²) in [6.45, 7) is 8.22. The molecule has 0 aromatic heterocycles. The number of urea groups is 1. The van der Waals surface area contributed by atoms with Gasteiger partial charge in [-0.05, 0) is 37.5 Å². The maximum Gasteiger partial charge on any atom is 0.321 e. The van der Waals surface area contributed by atoms with E-state index in [9.17, 15) is 14.7 Å². The number of carbonyl (C=O) groups excluding carboxylic acids is 2. The van der Waals surface area contributed by atoms with E-state index in [2.05, 4.69) is 15.2 Å². The number of amides is 2. The van der Waals surface area contributed by atoms with E-state index in [0.29, 0.717) is 38.0 Å². The van der Waals surface area contributed by atoms with Gasteiger partial charge in [0.05, 0.1) is 12.1 Å². The average molecular weight is 475 g/mol. The minimum Gasteiger partial charge on any atom is -0.511 e. The Hall–Kier alpha value is -3.45. The van der Waals surface area contributed by atoms with E-state index in [-0.39, 0.29) is 23.5 Å². The molecule has 0 spiro atoms. The lowest BCUT2D eigenvalue weighted by Gasteiger charge is -2.34. The first-order valence-corrected chi connectivity index (χ1v) is 12.3. The van der Waals surface area contributed by atoms with Crippen LogP contribution in [-0.2, 0) is 4.79 Å². The molecule has 1 heterocycles. The molecule has 2 aromatic carbocycles. The van der Waals surface area contributed by atoms with Crippen molar-refractivity contribution in [1.82, 2.24) is 9.80 Å². The first kappa shape index (κ1) is 24.7. The number of carbonyl (C=O) groups is 2. The van der Waals surface area contributed by atoms with Gasteiger partial charge in [0.1, 0.15) is 5.76 Å². The molecule has 1 aliphatic carbocycles. The van der Waals surface area contributed by atoms with Gasteiger partial charge in [0, 0.05) is 57.5 Å². The van der Waals surface area contributed by atoms with Gasteiger partial charge in [0.2, 0.25) is 0 Å².